The maximum Gasteiger partial charge on any atom is 0.416 e. The largest absolute Gasteiger partial charge is 0.416 e. The Morgan fingerprint density at radius 3 is 2.11 bits per heavy atom. The van der Waals surface area contributed by atoms with Gasteiger partial charge in [-0.15, -0.1) is 0 Å². The van der Waals surface area contributed by atoms with Crippen LogP contribution in [0.5, 0.6) is 0 Å². The first-order valence-corrected chi connectivity index (χ1v) is 12.3. The van der Waals surface area contributed by atoms with Crippen molar-refractivity contribution in [3.05, 3.63) is 71.4 Å². The third-order valence-electron chi connectivity index (χ3n) is 5.69. The molecule has 2 aromatic carbocycles. The molecule has 0 saturated heterocycles. The van der Waals surface area contributed by atoms with E-state index in [4.69, 9.17) is 5.10 Å². The zero-order chi connectivity index (χ0) is 28.3. The number of aryl methyl sites for hydroxylation is 1. The van der Waals surface area contributed by atoms with Crippen molar-refractivity contribution in [2.45, 2.75) is 53.1 Å². The number of carbonyl (C=O) groups excluding carboxylic acids is 2. The number of hydrogen-bond donors (Lipinski definition) is 2. The van der Waals surface area contributed by atoms with Crippen LogP contribution in [0.1, 0.15) is 51.4 Å². The summed E-state index contributed by atoms with van der Waals surface area (Å²) in [4.78, 5) is 27.4. The van der Waals surface area contributed by atoms with Gasteiger partial charge < -0.3 is 15.5 Å². The van der Waals surface area contributed by atoms with Crippen LogP contribution in [0, 0.1) is 12.8 Å². The van der Waals surface area contributed by atoms with Crippen molar-refractivity contribution >= 4 is 23.4 Å². The van der Waals surface area contributed by atoms with E-state index in [0.29, 0.717) is 5.82 Å². The lowest BCUT2D eigenvalue weighted by Gasteiger charge is -2.24. The molecule has 3 amide bonds. The molecule has 10 heteroatoms. The van der Waals surface area contributed by atoms with Crippen molar-refractivity contribution < 1.29 is 22.8 Å². The fourth-order valence-electron chi connectivity index (χ4n) is 3.68. The number of nitrogens with one attached hydrogen (secondary N) is 2. The van der Waals surface area contributed by atoms with Crippen molar-refractivity contribution in [1.82, 2.24) is 14.7 Å². The van der Waals surface area contributed by atoms with Crippen molar-refractivity contribution in [1.29, 1.82) is 0 Å². The van der Waals surface area contributed by atoms with E-state index in [-0.39, 0.29) is 30.1 Å². The van der Waals surface area contributed by atoms with Gasteiger partial charge in [0.05, 0.1) is 16.9 Å². The summed E-state index contributed by atoms with van der Waals surface area (Å²) < 4.78 is 40.2. The molecule has 1 heterocycles. The summed E-state index contributed by atoms with van der Waals surface area (Å²) in [5.41, 5.74) is 1.78. The number of anilines is 2. The number of halogens is 3. The van der Waals surface area contributed by atoms with Gasteiger partial charge in [0.2, 0.25) is 5.91 Å². The van der Waals surface area contributed by atoms with Crippen LogP contribution >= 0.6 is 0 Å². The molecule has 0 aliphatic heterocycles. The van der Waals surface area contributed by atoms with Gasteiger partial charge in [-0.25, -0.2) is 9.48 Å². The van der Waals surface area contributed by atoms with Gasteiger partial charge in [0.25, 0.3) is 0 Å². The predicted octanol–water partition coefficient (Wildman–Crippen LogP) is 6.63. The van der Waals surface area contributed by atoms with Crippen LogP contribution in [0.15, 0.2) is 54.6 Å². The molecule has 204 valence electrons. The van der Waals surface area contributed by atoms with Gasteiger partial charge in [0.15, 0.2) is 0 Å². The number of carbonyl (C=O) groups is 2. The number of aromatic nitrogens is 2. The second-order valence-electron chi connectivity index (χ2n) is 10.7. The monoisotopic (exact) mass is 529 g/mol. The van der Waals surface area contributed by atoms with Crippen LogP contribution in [-0.4, -0.2) is 39.7 Å². The molecule has 0 fully saturated rings. The summed E-state index contributed by atoms with van der Waals surface area (Å²) in [6.07, 6.45) is -4.47. The molecule has 0 aliphatic rings. The van der Waals surface area contributed by atoms with Crippen LogP contribution < -0.4 is 10.6 Å². The molecule has 0 bridgehead atoms. The smallest absolute Gasteiger partial charge is 0.315 e. The van der Waals surface area contributed by atoms with Gasteiger partial charge in [-0.2, -0.15) is 18.3 Å². The maximum absolute atomic E-state index is 13.1. The third kappa shape index (κ3) is 7.60. The van der Waals surface area contributed by atoms with Crippen LogP contribution in [0.4, 0.5) is 29.5 Å². The fraction of sp³-hybridized carbons (Fsp3) is 0.393. The highest BCUT2D eigenvalue weighted by Gasteiger charge is 2.30. The van der Waals surface area contributed by atoms with Crippen molar-refractivity contribution in [3.63, 3.8) is 0 Å². The lowest BCUT2D eigenvalue weighted by Crippen LogP contribution is -2.42. The number of rotatable bonds is 7. The van der Waals surface area contributed by atoms with E-state index in [0.717, 1.165) is 29.1 Å². The van der Waals surface area contributed by atoms with Crippen LogP contribution in [0.3, 0.4) is 0 Å². The van der Waals surface area contributed by atoms with Crippen LogP contribution in [0.25, 0.3) is 5.69 Å². The van der Waals surface area contributed by atoms with E-state index in [1.165, 1.54) is 17.0 Å². The first-order chi connectivity index (χ1) is 17.6. The number of amides is 3. The Labute approximate surface area is 221 Å². The summed E-state index contributed by atoms with van der Waals surface area (Å²) in [5.74, 6) is 0.0881. The minimum atomic E-state index is -4.47. The molecule has 0 aliphatic carbocycles. The number of alkyl halides is 3. The Bertz CT molecular complexity index is 1260. The molecular weight excluding hydrogens is 495 g/mol. The van der Waals surface area contributed by atoms with Crippen LogP contribution in [0.2, 0.25) is 0 Å². The average molecular weight is 530 g/mol. The minimum absolute atomic E-state index is 0.0479. The quantitative estimate of drug-likeness (QED) is 0.361. The van der Waals surface area contributed by atoms with Gasteiger partial charge in [0, 0.05) is 23.7 Å². The molecule has 0 atom stereocenters. The summed E-state index contributed by atoms with van der Waals surface area (Å²) in [6.45, 7) is 11.9. The molecule has 7 nitrogen and oxygen atoms in total. The lowest BCUT2D eigenvalue weighted by molar-refractivity contribution is -0.137. The second kappa shape index (κ2) is 11.3. The molecule has 0 radical (unpaired) electrons. The standard InChI is InChI=1S/C28H34F3N5O2/c1-18(2)16-35(26(38)32-21-11-9-20(10-12-21)28(29,30)31)17-25(37)33-24-15-23(27(4,5)6)34-36(24)22-13-7-19(3)8-14-22/h7-15,18H,16-17H2,1-6H3,(H,32,38)(H,33,37). The first-order valence-electron chi connectivity index (χ1n) is 12.3. The Morgan fingerprint density at radius 1 is 0.974 bits per heavy atom. The Morgan fingerprint density at radius 2 is 1.58 bits per heavy atom. The molecule has 0 spiro atoms. The van der Waals surface area contributed by atoms with Gasteiger partial charge in [0.1, 0.15) is 12.4 Å². The van der Waals surface area contributed by atoms with Gasteiger partial charge in [-0.3, -0.25) is 4.79 Å². The van der Waals surface area contributed by atoms with Gasteiger partial charge in [-0.05, 0) is 49.2 Å². The number of nitrogens with zero attached hydrogens (tertiary/aromatic N) is 3. The minimum Gasteiger partial charge on any atom is -0.315 e. The normalized spacial score (nSPS) is 11.9. The van der Waals surface area contributed by atoms with Crippen LogP contribution in [-0.2, 0) is 16.4 Å². The SMILES string of the molecule is Cc1ccc(-n2nc(C(C)(C)C)cc2NC(=O)CN(CC(C)C)C(=O)Nc2ccc(C(F)(F)F)cc2)cc1. The Balaban J connectivity index is 1.79. The molecule has 1 aromatic heterocycles. The fourth-order valence-corrected chi connectivity index (χ4v) is 3.68. The Hall–Kier alpha value is -3.82. The third-order valence-corrected chi connectivity index (χ3v) is 5.69. The highest BCUT2D eigenvalue weighted by Crippen LogP contribution is 2.30. The number of urea groups is 1. The molecular formula is C28H34F3N5O2. The lowest BCUT2D eigenvalue weighted by atomic mass is 9.92. The molecule has 0 saturated carbocycles. The summed E-state index contributed by atoms with van der Waals surface area (Å²) in [6, 6.07) is 13.1. The molecule has 38 heavy (non-hydrogen) atoms. The second-order valence-corrected chi connectivity index (χ2v) is 10.7. The molecule has 2 N–H and O–H groups in total. The van der Waals surface area contributed by atoms with E-state index < -0.39 is 23.7 Å². The summed E-state index contributed by atoms with van der Waals surface area (Å²) in [5, 5.41) is 10.2. The molecule has 3 aromatic rings. The number of hydrogen-bond acceptors (Lipinski definition) is 3. The van der Waals surface area contributed by atoms with Gasteiger partial charge >= 0.3 is 12.2 Å². The van der Waals surface area contributed by atoms with E-state index in [9.17, 15) is 22.8 Å². The predicted molar refractivity (Wildman–Crippen MR) is 143 cm³/mol. The highest BCUT2D eigenvalue weighted by atomic mass is 19.4. The summed E-state index contributed by atoms with van der Waals surface area (Å²) >= 11 is 0. The topological polar surface area (TPSA) is 79.3 Å². The van der Waals surface area contributed by atoms with E-state index in [1.54, 1.807) is 4.68 Å². The first kappa shape index (κ1) is 28.7. The molecule has 0 unspecified atom stereocenters. The Kier molecular flexibility index (Phi) is 8.54. The van der Waals surface area contributed by atoms with E-state index >= 15 is 0 Å². The summed E-state index contributed by atoms with van der Waals surface area (Å²) in [7, 11) is 0. The van der Waals surface area contributed by atoms with Crippen molar-refractivity contribution in [2.24, 2.45) is 5.92 Å². The van der Waals surface area contributed by atoms with Crippen molar-refractivity contribution in [3.8, 4) is 5.69 Å². The molecule has 3 rings (SSSR count). The number of benzene rings is 2. The van der Waals surface area contributed by atoms with E-state index in [2.05, 4.69) is 10.6 Å². The van der Waals surface area contributed by atoms with E-state index in [1.807, 2.05) is 71.9 Å². The maximum atomic E-state index is 13.1. The zero-order valence-electron chi connectivity index (χ0n) is 22.5. The average Bonchev–Trinajstić information content (AvgIpc) is 3.22. The zero-order valence-corrected chi connectivity index (χ0v) is 22.5. The van der Waals surface area contributed by atoms with Gasteiger partial charge in [-0.1, -0.05) is 52.3 Å². The van der Waals surface area contributed by atoms with Crippen molar-refractivity contribution in [2.75, 3.05) is 23.7 Å². The highest BCUT2D eigenvalue weighted by molar-refractivity contribution is 5.96.